The van der Waals surface area contributed by atoms with Gasteiger partial charge >= 0.3 is 0 Å². The van der Waals surface area contributed by atoms with Crippen LogP contribution in [0.5, 0.6) is 0 Å². The van der Waals surface area contributed by atoms with E-state index in [0.29, 0.717) is 0 Å². The van der Waals surface area contributed by atoms with Crippen LogP contribution < -0.4 is 0 Å². The molecule has 138 valence electrons. The number of benzene rings is 4. The number of nitrogens with zero attached hydrogens (tertiary/aromatic N) is 2. The molecule has 0 spiro atoms. The minimum absolute atomic E-state index is 0.723. The molecule has 2 nitrogen and oxygen atoms in total. The summed E-state index contributed by atoms with van der Waals surface area (Å²) < 4.78 is 1.01. The second-order valence-electron chi connectivity index (χ2n) is 6.87. The van der Waals surface area contributed by atoms with Crippen LogP contribution in [0.15, 0.2) is 108 Å². The van der Waals surface area contributed by atoms with Gasteiger partial charge in [-0.1, -0.05) is 94.8 Å². The minimum Gasteiger partial charge on any atom is -0.228 e. The number of hydrogen-bond acceptors (Lipinski definition) is 2. The van der Waals surface area contributed by atoms with E-state index in [-0.39, 0.29) is 0 Å². The van der Waals surface area contributed by atoms with Gasteiger partial charge in [0.25, 0.3) is 0 Å². The maximum atomic E-state index is 4.99. The van der Waals surface area contributed by atoms with Crippen LogP contribution in [-0.2, 0) is 0 Å². The summed E-state index contributed by atoms with van der Waals surface area (Å²) in [6.07, 6.45) is 0. The third-order valence-corrected chi connectivity index (χ3v) is 5.37. The van der Waals surface area contributed by atoms with Crippen molar-refractivity contribution >= 4 is 26.8 Å². The van der Waals surface area contributed by atoms with Crippen molar-refractivity contribution in [2.24, 2.45) is 0 Å². The van der Waals surface area contributed by atoms with Gasteiger partial charge in [0.2, 0.25) is 0 Å². The van der Waals surface area contributed by atoms with Gasteiger partial charge in [-0.3, -0.25) is 0 Å². The van der Waals surface area contributed by atoms with E-state index in [9.17, 15) is 0 Å². The number of para-hydroxylation sites is 1. The molecule has 0 radical (unpaired) electrons. The Balaban J connectivity index is 1.73. The van der Waals surface area contributed by atoms with E-state index in [1.54, 1.807) is 0 Å². The van der Waals surface area contributed by atoms with Gasteiger partial charge in [0.1, 0.15) is 0 Å². The van der Waals surface area contributed by atoms with Crippen LogP contribution in [0.4, 0.5) is 0 Å². The van der Waals surface area contributed by atoms with E-state index in [1.165, 1.54) is 5.56 Å². The normalized spacial score (nSPS) is 10.9. The van der Waals surface area contributed by atoms with Crippen LogP contribution in [0.25, 0.3) is 44.7 Å². The van der Waals surface area contributed by atoms with Crippen molar-refractivity contribution in [3.05, 3.63) is 108 Å². The number of fused-ring (bicyclic) bond motifs is 1. The molecule has 0 N–H and O–H groups in total. The maximum Gasteiger partial charge on any atom is 0.160 e. The predicted octanol–water partition coefficient (Wildman–Crippen LogP) is 7.39. The quantitative estimate of drug-likeness (QED) is 0.294. The largest absolute Gasteiger partial charge is 0.228 e. The van der Waals surface area contributed by atoms with Crippen LogP contribution in [0.3, 0.4) is 0 Å². The van der Waals surface area contributed by atoms with E-state index in [4.69, 9.17) is 9.97 Å². The Morgan fingerprint density at radius 1 is 0.517 bits per heavy atom. The first kappa shape index (κ1) is 17.8. The lowest BCUT2D eigenvalue weighted by Gasteiger charge is -2.11. The highest BCUT2D eigenvalue weighted by atomic mass is 79.9. The van der Waals surface area contributed by atoms with Gasteiger partial charge in [-0.15, -0.1) is 0 Å². The average molecular weight is 437 g/mol. The summed E-state index contributed by atoms with van der Waals surface area (Å²) in [5.41, 5.74) is 6.27. The van der Waals surface area contributed by atoms with Gasteiger partial charge in [-0.05, 0) is 35.4 Å². The zero-order valence-corrected chi connectivity index (χ0v) is 17.2. The van der Waals surface area contributed by atoms with E-state index in [0.717, 1.165) is 43.6 Å². The van der Waals surface area contributed by atoms with Gasteiger partial charge in [-0.2, -0.15) is 0 Å². The molecule has 0 aliphatic rings. The molecule has 1 aromatic heterocycles. The molecular weight excluding hydrogens is 420 g/mol. The monoisotopic (exact) mass is 436 g/mol. The molecule has 0 aliphatic heterocycles. The van der Waals surface area contributed by atoms with E-state index >= 15 is 0 Å². The first-order valence-electron chi connectivity index (χ1n) is 9.46. The average Bonchev–Trinajstić information content (AvgIpc) is 2.79. The number of aromatic nitrogens is 2. The summed E-state index contributed by atoms with van der Waals surface area (Å²) in [5, 5.41) is 1.06. The highest BCUT2D eigenvalue weighted by Gasteiger charge is 2.12. The Kier molecular flexibility index (Phi) is 4.66. The summed E-state index contributed by atoms with van der Waals surface area (Å²) in [7, 11) is 0. The van der Waals surface area contributed by atoms with Crippen LogP contribution in [0, 0.1) is 0 Å². The third-order valence-electron chi connectivity index (χ3n) is 4.91. The summed E-state index contributed by atoms with van der Waals surface area (Å²) >= 11 is 3.67. The number of halogens is 1. The molecule has 0 fully saturated rings. The Hall–Kier alpha value is -3.30. The van der Waals surface area contributed by atoms with E-state index in [2.05, 4.69) is 76.6 Å². The van der Waals surface area contributed by atoms with E-state index < -0.39 is 0 Å². The van der Waals surface area contributed by atoms with Gasteiger partial charge in [0, 0.05) is 21.0 Å². The molecule has 0 saturated carbocycles. The van der Waals surface area contributed by atoms with Crippen molar-refractivity contribution in [3.8, 4) is 33.8 Å². The fourth-order valence-electron chi connectivity index (χ4n) is 3.54. The molecule has 0 saturated heterocycles. The Morgan fingerprint density at radius 2 is 1.14 bits per heavy atom. The Labute approximate surface area is 178 Å². The first-order valence-corrected chi connectivity index (χ1v) is 10.3. The summed E-state index contributed by atoms with van der Waals surface area (Å²) in [6, 6.07) is 35.2. The fraction of sp³-hybridized carbons (Fsp3) is 0. The third kappa shape index (κ3) is 3.57. The van der Waals surface area contributed by atoms with Crippen molar-refractivity contribution in [1.29, 1.82) is 0 Å². The molecule has 0 atom stereocenters. The second kappa shape index (κ2) is 7.61. The van der Waals surface area contributed by atoms with E-state index in [1.807, 2.05) is 42.5 Å². The molecular formula is C26H17BrN2. The smallest absolute Gasteiger partial charge is 0.160 e. The zero-order valence-electron chi connectivity index (χ0n) is 15.6. The SMILES string of the molecule is Brc1cc(-c2ccccc2)cc(-c2nc(-c3ccccc3)c3ccccc3n2)c1. The lowest BCUT2D eigenvalue weighted by Crippen LogP contribution is -1.95. The van der Waals surface area contributed by atoms with Crippen LogP contribution in [-0.4, -0.2) is 9.97 Å². The van der Waals surface area contributed by atoms with Gasteiger partial charge in [-0.25, -0.2) is 9.97 Å². The van der Waals surface area contributed by atoms with Crippen molar-refractivity contribution in [2.45, 2.75) is 0 Å². The number of hydrogen-bond donors (Lipinski definition) is 0. The van der Waals surface area contributed by atoms with Gasteiger partial charge in [0.15, 0.2) is 5.82 Å². The standard InChI is InChI=1S/C26H17BrN2/c27-22-16-20(18-9-3-1-4-10-18)15-21(17-22)26-28-24-14-8-7-13-23(24)25(29-26)19-11-5-2-6-12-19/h1-17H. The van der Waals surface area contributed by atoms with Crippen molar-refractivity contribution < 1.29 is 0 Å². The van der Waals surface area contributed by atoms with Crippen LogP contribution >= 0.6 is 15.9 Å². The Morgan fingerprint density at radius 3 is 1.90 bits per heavy atom. The molecule has 0 bridgehead atoms. The first-order chi connectivity index (χ1) is 14.3. The molecule has 0 unspecified atom stereocenters. The predicted molar refractivity (Wildman–Crippen MR) is 124 cm³/mol. The molecule has 3 heteroatoms. The zero-order chi connectivity index (χ0) is 19.6. The molecule has 4 aromatic carbocycles. The van der Waals surface area contributed by atoms with Crippen LogP contribution in [0.2, 0.25) is 0 Å². The molecule has 29 heavy (non-hydrogen) atoms. The van der Waals surface area contributed by atoms with Crippen molar-refractivity contribution in [1.82, 2.24) is 9.97 Å². The van der Waals surface area contributed by atoms with Crippen molar-refractivity contribution in [2.75, 3.05) is 0 Å². The molecule has 1 heterocycles. The molecule has 0 aliphatic carbocycles. The minimum atomic E-state index is 0.723. The van der Waals surface area contributed by atoms with Gasteiger partial charge < -0.3 is 0 Å². The molecule has 0 amide bonds. The summed E-state index contributed by atoms with van der Waals surface area (Å²) in [6.45, 7) is 0. The summed E-state index contributed by atoms with van der Waals surface area (Å²) in [5.74, 6) is 0.723. The highest BCUT2D eigenvalue weighted by Crippen LogP contribution is 2.32. The lowest BCUT2D eigenvalue weighted by atomic mass is 10.0. The molecule has 5 aromatic rings. The summed E-state index contributed by atoms with van der Waals surface area (Å²) in [4.78, 5) is 9.86. The Bertz CT molecular complexity index is 1300. The van der Waals surface area contributed by atoms with Crippen molar-refractivity contribution in [3.63, 3.8) is 0 Å². The topological polar surface area (TPSA) is 25.8 Å². The lowest BCUT2D eigenvalue weighted by molar-refractivity contribution is 1.23. The maximum absolute atomic E-state index is 4.99. The second-order valence-corrected chi connectivity index (χ2v) is 7.79. The van der Waals surface area contributed by atoms with Gasteiger partial charge in [0.05, 0.1) is 11.2 Å². The van der Waals surface area contributed by atoms with Crippen LogP contribution in [0.1, 0.15) is 0 Å². The number of rotatable bonds is 3. The molecule has 5 rings (SSSR count). The highest BCUT2D eigenvalue weighted by molar-refractivity contribution is 9.10. The fourth-order valence-corrected chi connectivity index (χ4v) is 4.03.